The third-order valence-corrected chi connectivity index (χ3v) is 4.33. The average molecular weight is 207 g/mol. The summed E-state index contributed by atoms with van der Waals surface area (Å²) < 4.78 is 5.70. The van der Waals surface area contributed by atoms with Crippen LogP contribution in [0.25, 0.3) is 0 Å². The van der Waals surface area contributed by atoms with Gasteiger partial charge in [-0.2, -0.15) is 0 Å². The first kappa shape index (κ1) is 9.86. The number of hydrogen-bond donors (Lipinski definition) is 0. The minimum Gasteiger partial charge on any atom is -0.377 e. The minimum absolute atomic E-state index is 0.512. The molecule has 1 aliphatic heterocycles. The summed E-state index contributed by atoms with van der Waals surface area (Å²) in [6, 6.07) is 0.796. The number of allylic oxidation sites excluding steroid dienone is 1. The van der Waals surface area contributed by atoms with Crippen molar-refractivity contribution in [3.63, 3.8) is 0 Å². The fourth-order valence-corrected chi connectivity index (χ4v) is 3.50. The van der Waals surface area contributed by atoms with Crippen LogP contribution in [0.15, 0.2) is 12.2 Å². The summed E-state index contributed by atoms with van der Waals surface area (Å²) in [7, 11) is 2.28. The Morgan fingerprint density at radius 3 is 2.87 bits per heavy atom. The smallest absolute Gasteiger partial charge is 0.0702 e. The van der Waals surface area contributed by atoms with Crippen molar-refractivity contribution in [2.24, 2.45) is 11.8 Å². The zero-order valence-corrected chi connectivity index (χ0v) is 9.56. The van der Waals surface area contributed by atoms with Gasteiger partial charge in [0.05, 0.1) is 6.10 Å². The van der Waals surface area contributed by atoms with Crippen molar-refractivity contribution in [3.05, 3.63) is 12.2 Å². The van der Waals surface area contributed by atoms with Crippen LogP contribution in [0.1, 0.15) is 25.7 Å². The second kappa shape index (κ2) is 3.91. The van der Waals surface area contributed by atoms with E-state index in [1.54, 1.807) is 0 Å². The van der Waals surface area contributed by atoms with Crippen LogP contribution in [-0.2, 0) is 4.74 Å². The topological polar surface area (TPSA) is 12.5 Å². The Kier molecular flexibility index (Phi) is 2.57. The summed E-state index contributed by atoms with van der Waals surface area (Å²) in [6.07, 6.45) is 10.7. The Bertz CT molecular complexity index is 257. The fourth-order valence-electron chi connectivity index (χ4n) is 3.50. The van der Waals surface area contributed by atoms with E-state index in [9.17, 15) is 0 Å². The van der Waals surface area contributed by atoms with Crippen LogP contribution < -0.4 is 0 Å². The van der Waals surface area contributed by atoms with Gasteiger partial charge in [-0.25, -0.2) is 0 Å². The van der Waals surface area contributed by atoms with Crippen LogP contribution in [0, 0.1) is 11.8 Å². The van der Waals surface area contributed by atoms with Gasteiger partial charge in [0.1, 0.15) is 0 Å². The predicted molar refractivity (Wildman–Crippen MR) is 60.7 cm³/mol. The molecule has 84 valence electrons. The van der Waals surface area contributed by atoms with E-state index < -0.39 is 0 Å². The molecule has 0 amide bonds. The number of likely N-dealkylation sites (N-methyl/N-ethyl adjacent to an activating group) is 1. The van der Waals surface area contributed by atoms with Crippen molar-refractivity contribution < 1.29 is 4.74 Å². The van der Waals surface area contributed by atoms with Crippen LogP contribution in [0.2, 0.25) is 0 Å². The molecule has 0 radical (unpaired) electrons. The van der Waals surface area contributed by atoms with E-state index in [0.717, 1.165) is 31.0 Å². The van der Waals surface area contributed by atoms with Crippen LogP contribution >= 0.6 is 0 Å². The largest absolute Gasteiger partial charge is 0.377 e. The number of nitrogens with zero attached hydrogens (tertiary/aromatic N) is 1. The molecule has 0 spiro atoms. The quantitative estimate of drug-likeness (QED) is 0.657. The van der Waals surface area contributed by atoms with E-state index in [1.807, 2.05) is 0 Å². The molecular formula is C13H21NO. The fraction of sp³-hybridized carbons (Fsp3) is 0.846. The molecule has 0 aromatic carbocycles. The van der Waals surface area contributed by atoms with Crippen molar-refractivity contribution in [2.75, 3.05) is 20.2 Å². The Morgan fingerprint density at radius 1 is 1.33 bits per heavy atom. The Hall–Kier alpha value is -0.340. The summed E-state index contributed by atoms with van der Waals surface area (Å²) in [5.74, 6) is 1.72. The highest BCUT2D eigenvalue weighted by atomic mass is 16.5. The van der Waals surface area contributed by atoms with Crippen molar-refractivity contribution in [1.29, 1.82) is 0 Å². The SMILES string of the molecule is CN(CC1CCCO1)C1CC2C=CC1C2. The molecule has 0 aromatic heterocycles. The standard InChI is InChI=1S/C13H21NO/c1-14(9-12-3-2-6-15-12)13-8-10-4-5-11(13)7-10/h4-5,10-13H,2-3,6-9H2,1H3. The highest BCUT2D eigenvalue weighted by Crippen LogP contribution is 2.41. The van der Waals surface area contributed by atoms with E-state index in [-0.39, 0.29) is 0 Å². The molecule has 0 N–H and O–H groups in total. The number of rotatable bonds is 3. The molecule has 15 heavy (non-hydrogen) atoms. The molecule has 2 nitrogen and oxygen atoms in total. The molecule has 4 atom stereocenters. The minimum atomic E-state index is 0.512. The molecule has 3 rings (SSSR count). The number of ether oxygens (including phenoxy) is 1. The molecule has 2 fully saturated rings. The molecule has 1 heterocycles. The van der Waals surface area contributed by atoms with E-state index in [2.05, 4.69) is 24.1 Å². The molecule has 3 aliphatic rings. The summed E-state index contributed by atoms with van der Waals surface area (Å²) in [4.78, 5) is 2.55. The number of fused-ring (bicyclic) bond motifs is 2. The molecule has 4 unspecified atom stereocenters. The van der Waals surface area contributed by atoms with Crippen molar-refractivity contribution in [3.8, 4) is 0 Å². The molecule has 2 bridgehead atoms. The summed E-state index contributed by atoms with van der Waals surface area (Å²) in [5, 5.41) is 0. The van der Waals surface area contributed by atoms with Gasteiger partial charge in [-0.15, -0.1) is 0 Å². The summed E-state index contributed by atoms with van der Waals surface area (Å²) in [5.41, 5.74) is 0. The van der Waals surface area contributed by atoms with E-state index in [4.69, 9.17) is 4.74 Å². The summed E-state index contributed by atoms with van der Waals surface area (Å²) in [6.45, 7) is 2.12. The maximum atomic E-state index is 5.70. The van der Waals surface area contributed by atoms with Crippen LogP contribution in [0.3, 0.4) is 0 Å². The van der Waals surface area contributed by atoms with Crippen molar-refractivity contribution >= 4 is 0 Å². The van der Waals surface area contributed by atoms with Gasteiger partial charge in [0.25, 0.3) is 0 Å². The van der Waals surface area contributed by atoms with E-state index >= 15 is 0 Å². The zero-order valence-electron chi connectivity index (χ0n) is 9.56. The maximum Gasteiger partial charge on any atom is 0.0702 e. The molecule has 1 saturated carbocycles. The third kappa shape index (κ3) is 1.85. The maximum absolute atomic E-state index is 5.70. The first-order valence-corrected chi connectivity index (χ1v) is 6.33. The van der Waals surface area contributed by atoms with Gasteiger partial charge >= 0.3 is 0 Å². The van der Waals surface area contributed by atoms with Crippen molar-refractivity contribution in [2.45, 2.75) is 37.8 Å². The second-order valence-electron chi connectivity index (χ2n) is 5.42. The van der Waals surface area contributed by atoms with Gasteiger partial charge in [0.2, 0.25) is 0 Å². The van der Waals surface area contributed by atoms with E-state index in [1.165, 1.54) is 25.7 Å². The normalized spacial score (nSPS) is 43.3. The molecule has 0 aromatic rings. The van der Waals surface area contributed by atoms with Gasteiger partial charge in [0, 0.05) is 19.2 Å². The second-order valence-corrected chi connectivity index (χ2v) is 5.42. The average Bonchev–Trinajstić information content (AvgIpc) is 2.93. The van der Waals surface area contributed by atoms with Gasteiger partial charge in [-0.05, 0) is 44.6 Å². The first-order chi connectivity index (χ1) is 7.33. The third-order valence-electron chi connectivity index (χ3n) is 4.33. The Morgan fingerprint density at radius 2 is 2.27 bits per heavy atom. The summed E-state index contributed by atoms with van der Waals surface area (Å²) >= 11 is 0. The van der Waals surface area contributed by atoms with E-state index in [0.29, 0.717) is 6.10 Å². The lowest BCUT2D eigenvalue weighted by molar-refractivity contribution is 0.0636. The van der Waals surface area contributed by atoms with Gasteiger partial charge in [0.15, 0.2) is 0 Å². The predicted octanol–water partition coefficient (Wildman–Crippen LogP) is 2.06. The highest BCUT2D eigenvalue weighted by molar-refractivity contribution is 5.12. The van der Waals surface area contributed by atoms with Crippen LogP contribution in [0.5, 0.6) is 0 Å². The lowest BCUT2D eigenvalue weighted by atomic mass is 10.00. The number of hydrogen-bond acceptors (Lipinski definition) is 2. The highest BCUT2D eigenvalue weighted by Gasteiger charge is 2.38. The van der Waals surface area contributed by atoms with Gasteiger partial charge in [-0.1, -0.05) is 12.2 Å². The zero-order chi connectivity index (χ0) is 10.3. The first-order valence-electron chi connectivity index (χ1n) is 6.33. The van der Waals surface area contributed by atoms with Crippen LogP contribution in [-0.4, -0.2) is 37.2 Å². The Balaban J connectivity index is 1.56. The molecular weight excluding hydrogens is 186 g/mol. The van der Waals surface area contributed by atoms with Crippen LogP contribution in [0.4, 0.5) is 0 Å². The lowest BCUT2D eigenvalue weighted by Crippen LogP contribution is -2.39. The molecule has 2 heteroatoms. The lowest BCUT2D eigenvalue weighted by Gasteiger charge is -2.31. The Labute approximate surface area is 92.3 Å². The molecule has 2 aliphatic carbocycles. The van der Waals surface area contributed by atoms with Gasteiger partial charge in [-0.3, -0.25) is 0 Å². The monoisotopic (exact) mass is 207 g/mol. The van der Waals surface area contributed by atoms with Gasteiger partial charge < -0.3 is 9.64 Å². The molecule has 1 saturated heterocycles. The van der Waals surface area contributed by atoms with Crippen molar-refractivity contribution in [1.82, 2.24) is 4.90 Å².